The van der Waals surface area contributed by atoms with Gasteiger partial charge in [-0.3, -0.25) is 4.79 Å². The molecule has 0 fully saturated rings. The van der Waals surface area contributed by atoms with Crippen LogP contribution in [-0.4, -0.2) is 23.4 Å². The lowest BCUT2D eigenvalue weighted by Crippen LogP contribution is -2.23. The highest BCUT2D eigenvalue weighted by atomic mass is 32.1. The van der Waals surface area contributed by atoms with Crippen molar-refractivity contribution in [2.24, 2.45) is 0 Å². The average molecular weight is 363 g/mol. The number of nitrogens with zero attached hydrogens (tertiary/aromatic N) is 1. The summed E-state index contributed by atoms with van der Waals surface area (Å²) in [5.74, 6) is -1.34. The molecule has 0 aliphatic heterocycles. The zero-order chi connectivity index (χ0) is 18.0. The highest BCUT2D eigenvalue weighted by Crippen LogP contribution is 2.39. The van der Waals surface area contributed by atoms with Gasteiger partial charge in [0.1, 0.15) is 5.75 Å². The van der Waals surface area contributed by atoms with Gasteiger partial charge < -0.3 is 4.74 Å². The van der Waals surface area contributed by atoms with E-state index in [9.17, 15) is 18.0 Å². The van der Waals surface area contributed by atoms with E-state index in [4.69, 9.17) is 4.74 Å². The van der Waals surface area contributed by atoms with Crippen LogP contribution in [0, 0.1) is 0 Å². The van der Waals surface area contributed by atoms with E-state index in [1.165, 1.54) is 7.11 Å². The van der Waals surface area contributed by atoms with E-state index in [0.717, 1.165) is 11.5 Å². The van der Waals surface area contributed by atoms with Crippen LogP contribution >= 0.6 is 11.5 Å². The first-order valence-electron chi connectivity index (χ1n) is 7.23. The molecule has 0 radical (unpaired) electrons. The van der Waals surface area contributed by atoms with E-state index < -0.39 is 17.5 Å². The number of ether oxygens (including phenoxy) is 1. The first kappa shape index (κ1) is 17.2. The van der Waals surface area contributed by atoms with Crippen LogP contribution < -0.4 is 4.74 Å². The first-order valence-corrected chi connectivity index (χ1v) is 8.00. The van der Waals surface area contributed by atoms with Gasteiger partial charge in [-0.1, -0.05) is 30.3 Å². The molecule has 1 heterocycles. The van der Waals surface area contributed by atoms with E-state index in [0.29, 0.717) is 16.9 Å². The van der Waals surface area contributed by atoms with Gasteiger partial charge >= 0.3 is 6.18 Å². The summed E-state index contributed by atoms with van der Waals surface area (Å²) in [7, 11) is 1.49. The molecule has 0 spiro atoms. The Labute approximate surface area is 145 Å². The first-order chi connectivity index (χ1) is 11.9. The predicted octanol–water partition coefficient (Wildman–Crippen LogP) is 5.23. The Balaban J connectivity index is 2.19. The number of alkyl halides is 3. The van der Waals surface area contributed by atoms with Gasteiger partial charge in [-0.2, -0.15) is 17.5 Å². The third-order valence-electron chi connectivity index (χ3n) is 3.58. The van der Waals surface area contributed by atoms with Crippen molar-refractivity contribution >= 4 is 17.3 Å². The molecular weight excluding hydrogens is 351 g/mol. The van der Waals surface area contributed by atoms with E-state index in [1.807, 2.05) is 0 Å². The van der Waals surface area contributed by atoms with Crippen LogP contribution in [0.5, 0.6) is 5.75 Å². The fraction of sp³-hybridized carbons (Fsp3) is 0.111. The molecule has 7 heteroatoms. The molecule has 0 bridgehead atoms. The highest BCUT2D eigenvalue weighted by molar-refractivity contribution is 7.10. The second-order valence-electron chi connectivity index (χ2n) is 5.16. The number of aromatic nitrogens is 1. The van der Waals surface area contributed by atoms with Gasteiger partial charge in [0.05, 0.1) is 23.2 Å². The van der Waals surface area contributed by atoms with Gasteiger partial charge in [-0.15, -0.1) is 0 Å². The number of benzene rings is 2. The van der Waals surface area contributed by atoms with Crippen molar-refractivity contribution in [3.8, 4) is 27.4 Å². The number of hydrogen-bond acceptors (Lipinski definition) is 4. The minimum atomic E-state index is -4.98. The topological polar surface area (TPSA) is 39.2 Å². The third-order valence-corrected chi connectivity index (χ3v) is 4.47. The van der Waals surface area contributed by atoms with Crippen LogP contribution in [-0.2, 0) is 0 Å². The molecule has 3 aromatic rings. The van der Waals surface area contributed by atoms with Crippen molar-refractivity contribution in [2.75, 3.05) is 7.11 Å². The van der Waals surface area contributed by atoms with Gasteiger partial charge in [0.2, 0.25) is 0 Å². The Morgan fingerprint density at radius 2 is 1.64 bits per heavy atom. The minimum absolute atomic E-state index is 0.0221. The second-order valence-corrected chi connectivity index (χ2v) is 5.93. The van der Waals surface area contributed by atoms with E-state index in [2.05, 4.69) is 4.37 Å². The Bertz CT molecular complexity index is 887. The molecule has 0 N–H and O–H groups in total. The monoisotopic (exact) mass is 363 g/mol. The molecule has 3 rings (SSSR count). The quantitative estimate of drug-likeness (QED) is 0.596. The lowest BCUT2D eigenvalue weighted by Gasteiger charge is -2.09. The normalized spacial score (nSPS) is 11.4. The third kappa shape index (κ3) is 3.41. The SMILES string of the molecule is COc1ccc(-c2nsc(-c3ccccc3)c2C(=O)C(F)(F)F)cc1. The molecule has 3 nitrogen and oxygen atoms in total. The smallest absolute Gasteiger partial charge is 0.455 e. The summed E-state index contributed by atoms with van der Waals surface area (Å²) in [5.41, 5.74) is 0.543. The summed E-state index contributed by atoms with van der Waals surface area (Å²) in [6.45, 7) is 0. The van der Waals surface area contributed by atoms with Crippen molar-refractivity contribution < 1.29 is 22.7 Å². The van der Waals surface area contributed by atoms with Gasteiger partial charge in [0.25, 0.3) is 5.78 Å². The van der Waals surface area contributed by atoms with Crippen LogP contribution in [0.15, 0.2) is 54.6 Å². The fourth-order valence-corrected chi connectivity index (χ4v) is 3.28. The van der Waals surface area contributed by atoms with E-state index >= 15 is 0 Å². The molecule has 1 aromatic heterocycles. The maximum Gasteiger partial charge on any atom is 0.455 e. The summed E-state index contributed by atoms with van der Waals surface area (Å²) in [5, 5.41) is 0. The van der Waals surface area contributed by atoms with Gasteiger partial charge in [0.15, 0.2) is 0 Å². The van der Waals surface area contributed by atoms with E-state index in [-0.39, 0.29) is 10.6 Å². The Morgan fingerprint density at radius 1 is 1.00 bits per heavy atom. The number of carbonyl (C=O) groups is 1. The number of rotatable bonds is 4. The van der Waals surface area contributed by atoms with Crippen molar-refractivity contribution in [3.63, 3.8) is 0 Å². The van der Waals surface area contributed by atoms with Crippen LogP contribution in [0.4, 0.5) is 13.2 Å². The maximum absolute atomic E-state index is 13.1. The Hall–Kier alpha value is -2.67. The molecule has 0 aliphatic carbocycles. The van der Waals surface area contributed by atoms with Gasteiger partial charge in [-0.05, 0) is 41.4 Å². The minimum Gasteiger partial charge on any atom is -0.497 e. The maximum atomic E-state index is 13.1. The van der Waals surface area contributed by atoms with Crippen molar-refractivity contribution in [1.29, 1.82) is 0 Å². The van der Waals surface area contributed by atoms with Crippen LogP contribution in [0.25, 0.3) is 21.7 Å². The predicted molar refractivity (Wildman–Crippen MR) is 89.9 cm³/mol. The Kier molecular flexibility index (Phi) is 4.59. The molecule has 25 heavy (non-hydrogen) atoms. The van der Waals surface area contributed by atoms with Crippen molar-refractivity contribution in [1.82, 2.24) is 4.37 Å². The molecule has 128 valence electrons. The number of halogens is 3. The molecule has 0 aliphatic rings. The summed E-state index contributed by atoms with van der Waals surface area (Å²) < 4.78 is 48.6. The van der Waals surface area contributed by atoms with Gasteiger partial charge in [0, 0.05) is 5.56 Å². The molecule has 0 saturated heterocycles. The van der Waals surface area contributed by atoms with Crippen molar-refractivity contribution in [2.45, 2.75) is 6.18 Å². The summed E-state index contributed by atoms with van der Waals surface area (Å²) in [6, 6.07) is 14.8. The zero-order valence-corrected chi connectivity index (χ0v) is 13.8. The average Bonchev–Trinajstić information content (AvgIpc) is 3.05. The highest BCUT2D eigenvalue weighted by Gasteiger charge is 2.43. The lowest BCUT2D eigenvalue weighted by molar-refractivity contribution is -0.0884. The molecule has 0 unspecified atom stereocenters. The number of Topliss-reactive ketones (excluding diaryl/α,β-unsaturated/α-hetero) is 1. The molecule has 0 saturated carbocycles. The Morgan fingerprint density at radius 3 is 2.20 bits per heavy atom. The fourth-order valence-electron chi connectivity index (χ4n) is 2.38. The number of carbonyl (C=O) groups excluding carboxylic acids is 1. The lowest BCUT2D eigenvalue weighted by atomic mass is 9.99. The van der Waals surface area contributed by atoms with Gasteiger partial charge in [-0.25, -0.2) is 0 Å². The molecule has 0 amide bonds. The van der Waals surface area contributed by atoms with Crippen molar-refractivity contribution in [3.05, 3.63) is 60.2 Å². The second kappa shape index (κ2) is 6.68. The van der Waals surface area contributed by atoms with Crippen LogP contribution in [0.3, 0.4) is 0 Å². The molecular formula is C18H12F3NO2S. The standard InChI is InChI=1S/C18H12F3NO2S/c1-24-13-9-7-11(8-10-13)15-14(17(23)18(19,20)21)16(25-22-15)12-5-3-2-4-6-12/h2-10H,1H3. The summed E-state index contributed by atoms with van der Waals surface area (Å²) >= 11 is 0.876. The summed E-state index contributed by atoms with van der Waals surface area (Å²) in [4.78, 5) is 12.3. The molecule has 2 aromatic carbocycles. The van der Waals surface area contributed by atoms with Crippen LogP contribution in [0.1, 0.15) is 10.4 Å². The molecule has 0 atom stereocenters. The number of ketones is 1. The van der Waals surface area contributed by atoms with Crippen LogP contribution in [0.2, 0.25) is 0 Å². The van der Waals surface area contributed by atoms with E-state index in [1.54, 1.807) is 54.6 Å². The zero-order valence-electron chi connectivity index (χ0n) is 13.0. The number of methoxy groups -OCH3 is 1. The number of hydrogen-bond donors (Lipinski definition) is 0. The largest absolute Gasteiger partial charge is 0.497 e. The summed E-state index contributed by atoms with van der Waals surface area (Å²) in [6.07, 6.45) is -4.98.